The van der Waals surface area contributed by atoms with Gasteiger partial charge in [-0.25, -0.2) is 10.7 Å². The van der Waals surface area contributed by atoms with Gasteiger partial charge in [0.1, 0.15) is 0 Å². The minimum absolute atomic E-state index is 0.301. The van der Waals surface area contributed by atoms with Crippen LogP contribution < -0.4 is 0 Å². The van der Waals surface area contributed by atoms with E-state index in [2.05, 4.69) is 0 Å². The standard InChI is InChI=1S/3C5H11O3P.Al/c3*1-5(9(6)7)3-4-8-2;/h3*5H,3-4H2,1-2H3;/q;;;+3. The third kappa shape index (κ3) is 13.0. The maximum absolute atomic E-state index is 12.4. The summed E-state index contributed by atoms with van der Waals surface area (Å²) in [7, 11) is -1.74. The van der Waals surface area contributed by atoms with Crippen molar-refractivity contribution < 1.29 is 38.6 Å². The molecule has 0 aromatic carbocycles. The first-order valence-electron chi connectivity index (χ1n) is 9.12. The number of ether oxygens (including phenoxy) is 3. The van der Waals surface area contributed by atoms with E-state index in [-0.39, 0.29) is 17.0 Å². The molecule has 0 amide bonds. The summed E-state index contributed by atoms with van der Waals surface area (Å²) in [5.41, 5.74) is -0.904. The van der Waals surface area contributed by atoms with Gasteiger partial charge in [-0.3, -0.25) is 0 Å². The SMILES string of the molecule is COCCC(C)[P+](=O)[O][Al]([O][P+](=O)C(C)CCOC)[O][P+](=O)C(C)CCOC. The third-order valence-electron chi connectivity index (χ3n) is 3.87. The maximum Gasteiger partial charge on any atom is 1.04 e. The minimum atomic E-state index is -3.15. The molecule has 0 radical (unpaired) electrons. The van der Waals surface area contributed by atoms with E-state index in [9.17, 15) is 13.7 Å². The lowest BCUT2D eigenvalue weighted by Gasteiger charge is -2.03. The van der Waals surface area contributed by atoms with Crippen molar-refractivity contribution in [3.8, 4) is 0 Å². The van der Waals surface area contributed by atoms with Gasteiger partial charge >= 0.3 is 39.2 Å². The Morgan fingerprint density at radius 1 is 0.607 bits per heavy atom. The molecule has 0 bridgehead atoms. The van der Waals surface area contributed by atoms with E-state index in [1.807, 2.05) is 0 Å². The highest BCUT2D eigenvalue weighted by Crippen LogP contribution is 2.42. The van der Waals surface area contributed by atoms with Crippen LogP contribution in [0.3, 0.4) is 0 Å². The smallest absolute Gasteiger partial charge is 0.385 e. The summed E-state index contributed by atoms with van der Waals surface area (Å²) in [5.74, 6) is 0. The molecule has 0 aliphatic rings. The number of hydrogen-bond acceptors (Lipinski definition) is 9. The fourth-order valence-electron chi connectivity index (χ4n) is 1.81. The second kappa shape index (κ2) is 17.3. The van der Waals surface area contributed by atoms with E-state index in [0.29, 0.717) is 39.1 Å². The van der Waals surface area contributed by atoms with Crippen LogP contribution in [-0.2, 0) is 38.6 Å². The Kier molecular flexibility index (Phi) is 17.7. The summed E-state index contributed by atoms with van der Waals surface area (Å²) in [6, 6.07) is 0. The molecule has 0 aromatic rings. The van der Waals surface area contributed by atoms with Crippen LogP contribution in [-0.4, -0.2) is 73.3 Å². The number of hydrogen-bond donors (Lipinski definition) is 0. The highest BCUT2D eigenvalue weighted by atomic mass is 31.1. The van der Waals surface area contributed by atoms with Crippen molar-refractivity contribution in [1.82, 2.24) is 0 Å². The van der Waals surface area contributed by atoms with Crippen molar-refractivity contribution in [3.05, 3.63) is 0 Å². The van der Waals surface area contributed by atoms with Gasteiger partial charge in [0, 0.05) is 40.6 Å². The van der Waals surface area contributed by atoms with Crippen molar-refractivity contribution >= 4 is 39.2 Å². The second-order valence-electron chi connectivity index (χ2n) is 6.35. The molecule has 6 unspecified atom stereocenters. The average Bonchev–Trinajstić information content (AvgIpc) is 2.67. The molecule has 28 heavy (non-hydrogen) atoms. The Morgan fingerprint density at radius 2 is 0.857 bits per heavy atom. The highest BCUT2D eigenvalue weighted by Gasteiger charge is 2.58. The Labute approximate surface area is 176 Å². The zero-order chi connectivity index (χ0) is 21.5. The number of rotatable bonds is 18. The molecule has 0 aromatic heterocycles. The van der Waals surface area contributed by atoms with Gasteiger partial charge in [-0.15, -0.1) is 0 Å². The molecular weight excluding hydrogens is 444 g/mol. The van der Waals surface area contributed by atoms with Crippen LogP contribution in [0.25, 0.3) is 0 Å². The molecule has 0 fully saturated rings. The first-order chi connectivity index (χ1) is 13.3. The summed E-state index contributed by atoms with van der Waals surface area (Å²) < 4.78 is 68.6. The van der Waals surface area contributed by atoms with Crippen molar-refractivity contribution in [2.24, 2.45) is 0 Å². The van der Waals surface area contributed by atoms with E-state index in [1.54, 1.807) is 42.1 Å². The van der Waals surface area contributed by atoms with Gasteiger partial charge in [0.05, 0.1) is 19.8 Å². The van der Waals surface area contributed by atoms with Crippen molar-refractivity contribution in [2.45, 2.75) is 57.0 Å². The summed E-state index contributed by atoms with van der Waals surface area (Å²) in [4.78, 5) is 0. The van der Waals surface area contributed by atoms with Crippen LogP contribution in [0, 0.1) is 0 Å². The molecule has 6 atom stereocenters. The van der Waals surface area contributed by atoms with Gasteiger partial charge in [0.15, 0.2) is 17.0 Å². The van der Waals surface area contributed by atoms with E-state index in [1.165, 1.54) is 0 Å². The van der Waals surface area contributed by atoms with Crippen LogP contribution in [0.1, 0.15) is 40.0 Å². The Hall–Kier alpha value is 0.592. The summed E-state index contributed by atoms with van der Waals surface area (Å²) in [5, 5.41) is 0. The van der Waals surface area contributed by atoms with Crippen LogP contribution >= 0.6 is 24.1 Å². The topological polar surface area (TPSA) is 107 Å². The van der Waals surface area contributed by atoms with Gasteiger partial charge in [0.2, 0.25) is 0 Å². The normalized spacial score (nSPS) is 16.3. The summed E-state index contributed by atoms with van der Waals surface area (Å²) in [6.45, 7) is 6.57. The lowest BCUT2D eigenvalue weighted by Crippen LogP contribution is -2.23. The van der Waals surface area contributed by atoms with Gasteiger partial charge in [-0.05, 0) is 34.5 Å². The monoisotopic (exact) mass is 477 g/mol. The molecule has 0 saturated carbocycles. The molecular formula is C15H33AlO9P3+3. The van der Waals surface area contributed by atoms with E-state index < -0.39 is 39.2 Å². The summed E-state index contributed by atoms with van der Waals surface area (Å²) in [6.07, 6.45) is 1.58. The molecule has 0 aliphatic carbocycles. The van der Waals surface area contributed by atoms with Crippen LogP contribution in [0.2, 0.25) is 0 Å². The van der Waals surface area contributed by atoms with Crippen molar-refractivity contribution in [1.29, 1.82) is 0 Å². The molecule has 13 heteroatoms. The molecule has 0 aliphatic heterocycles. The van der Waals surface area contributed by atoms with Crippen LogP contribution in [0.15, 0.2) is 0 Å². The quantitative estimate of drug-likeness (QED) is 0.208. The van der Waals surface area contributed by atoms with E-state index in [0.717, 1.165) is 0 Å². The number of methoxy groups -OCH3 is 3. The largest absolute Gasteiger partial charge is 1.04 e. The maximum atomic E-state index is 12.4. The molecule has 162 valence electrons. The zero-order valence-electron chi connectivity index (χ0n) is 17.6. The zero-order valence-corrected chi connectivity index (χ0v) is 21.4. The van der Waals surface area contributed by atoms with Gasteiger partial charge in [-0.1, -0.05) is 0 Å². The molecule has 9 nitrogen and oxygen atoms in total. The predicted molar refractivity (Wildman–Crippen MR) is 110 cm³/mol. The fraction of sp³-hybridized carbons (Fsp3) is 1.00. The van der Waals surface area contributed by atoms with Crippen LogP contribution in [0.5, 0.6) is 0 Å². The third-order valence-corrected chi connectivity index (χ3v) is 11.4. The van der Waals surface area contributed by atoms with E-state index >= 15 is 0 Å². The van der Waals surface area contributed by atoms with Gasteiger partial charge in [0.25, 0.3) is 0 Å². The van der Waals surface area contributed by atoms with E-state index in [4.69, 9.17) is 24.9 Å². The molecule has 0 spiro atoms. The Morgan fingerprint density at radius 3 is 1.07 bits per heavy atom. The molecule has 0 heterocycles. The molecule has 0 rings (SSSR count). The molecule has 0 saturated heterocycles. The Bertz CT molecular complexity index is 417. The van der Waals surface area contributed by atoms with Gasteiger partial charge < -0.3 is 14.2 Å². The first-order valence-corrected chi connectivity index (χ1v) is 14.3. The summed E-state index contributed by atoms with van der Waals surface area (Å²) >= 11 is -3.15. The minimum Gasteiger partial charge on any atom is -0.385 e. The van der Waals surface area contributed by atoms with Crippen molar-refractivity contribution in [3.63, 3.8) is 0 Å². The highest BCUT2D eigenvalue weighted by molar-refractivity contribution is 7.45. The van der Waals surface area contributed by atoms with Gasteiger partial charge in [-0.2, -0.15) is 0 Å². The lowest BCUT2D eigenvalue weighted by atomic mass is 10.3. The molecule has 0 N–H and O–H groups in total. The first kappa shape index (κ1) is 28.6. The fourth-order valence-corrected chi connectivity index (χ4v) is 8.78. The lowest BCUT2D eigenvalue weighted by molar-refractivity contribution is 0.192. The average molecular weight is 477 g/mol. The van der Waals surface area contributed by atoms with Crippen LogP contribution in [0.4, 0.5) is 0 Å². The van der Waals surface area contributed by atoms with Crippen molar-refractivity contribution in [2.75, 3.05) is 41.2 Å². The predicted octanol–water partition coefficient (Wildman–Crippen LogP) is 4.52. The Balaban J connectivity index is 4.96. The second-order valence-corrected chi connectivity index (χ2v) is 13.8.